The number of piperidine rings is 1. The third-order valence-corrected chi connectivity index (χ3v) is 6.89. The molecule has 0 spiro atoms. The van der Waals surface area contributed by atoms with E-state index in [-0.39, 0.29) is 23.8 Å². The molecule has 1 N–H and O–H groups in total. The summed E-state index contributed by atoms with van der Waals surface area (Å²) in [4.78, 5) is 37.1. The van der Waals surface area contributed by atoms with Crippen molar-refractivity contribution in [2.45, 2.75) is 25.3 Å². The maximum Gasteiger partial charge on any atom is 0.269 e. The van der Waals surface area contributed by atoms with Crippen molar-refractivity contribution in [3.63, 3.8) is 0 Å². The predicted octanol–water partition coefficient (Wildman–Crippen LogP) is 3.84. The van der Waals surface area contributed by atoms with Crippen LogP contribution in [0.25, 0.3) is 11.0 Å². The largest absolute Gasteiger partial charge is 0.477 e. The fourth-order valence-corrected chi connectivity index (χ4v) is 5.06. The molecule has 2 aromatic heterocycles. The second-order valence-electron chi connectivity index (χ2n) is 8.94. The van der Waals surface area contributed by atoms with Crippen LogP contribution in [-0.4, -0.2) is 62.2 Å². The smallest absolute Gasteiger partial charge is 0.269 e. The molecule has 1 fully saturated rings. The summed E-state index contributed by atoms with van der Waals surface area (Å²) in [6, 6.07) is 14.8. The number of nitrogens with zero attached hydrogens (tertiary/aromatic N) is 5. The monoisotopic (exact) mass is 518 g/mol. The van der Waals surface area contributed by atoms with Crippen LogP contribution in [0.4, 0.5) is 0 Å². The first-order chi connectivity index (χ1) is 17.9. The first-order valence-corrected chi connectivity index (χ1v) is 12.5. The van der Waals surface area contributed by atoms with E-state index in [9.17, 15) is 9.59 Å². The Morgan fingerprint density at radius 2 is 1.92 bits per heavy atom. The minimum atomic E-state index is -0.230. The second-order valence-corrected chi connectivity index (χ2v) is 9.35. The third kappa shape index (κ3) is 5.13. The van der Waals surface area contributed by atoms with Gasteiger partial charge in [0.15, 0.2) is 0 Å². The number of ether oxygens (including phenoxy) is 1. The van der Waals surface area contributed by atoms with Crippen LogP contribution in [0.15, 0.2) is 60.9 Å². The molecule has 1 saturated heterocycles. The van der Waals surface area contributed by atoms with E-state index in [1.54, 1.807) is 37.6 Å². The summed E-state index contributed by atoms with van der Waals surface area (Å²) in [5.74, 6) is -0.0493. The van der Waals surface area contributed by atoms with Crippen LogP contribution in [0.3, 0.4) is 0 Å². The van der Waals surface area contributed by atoms with Crippen molar-refractivity contribution in [1.82, 2.24) is 30.0 Å². The minimum absolute atomic E-state index is 0.0989. The summed E-state index contributed by atoms with van der Waals surface area (Å²) in [6.45, 7) is 3.27. The van der Waals surface area contributed by atoms with Gasteiger partial charge in [0.1, 0.15) is 11.2 Å². The zero-order valence-electron chi connectivity index (χ0n) is 20.6. The third-order valence-electron chi connectivity index (χ3n) is 6.60. The molecule has 3 heterocycles. The van der Waals surface area contributed by atoms with Crippen molar-refractivity contribution in [3.05, 3.63) is 82.8 Å². The van der Waals surface area contributed by atoms with Gasteiger partial charge in [-0.1, -0.05) is 41.9 Å². The van der Waals surface area contributed by atoms with Gasteiger partial charge in [-0.2, -0.15) is 0 Å². The highest BCUT2D eigenvalue weighted by molar-refractivity contribution is 6.35. The Bertz CT molecular complexity index is 1440. The number of hydrogen-bond donors (Lipinski definition) is 1. The van der Waals surface area contributed by atoms with Gasteiger partial charge in [-0.3, -0.25) is 24.2 Å². The maximum atomic E-state index is 13.5. The number of aromatic nitrogens is 4. The normalized spacial score (nSPS) is 17.5. The van der Waals surface area contributed by atoms with Gasteiger partial charge < -0.3 is 15.0 Å². The predicted molar refractivity (Wildman–Crippen MR) is 140 cm³/mol. The van der Waals surface area contributed by atoms with Crippen LogP contribution in [0.1, 0.15) is 45.7 Å². The molecule has 190 valence electrons. The number of fused-ring (bicyclic) bond motifs is 1. The average Bonchev–Trinajstić information content (AvgIpc) is 3.29. The molecule has 0 saturated carbocycles. The standard InChI is InChI=1S/C27H27ClN6O3/c1-3-37-24-15-23(33(2)32-24)26(35)31-21-9-12-34(16-19(21)17-7-5-4-6-8-17)27(36)18-13-20(28)25-22(14-18)29-10-11-30-25/h4-8,10-11,13-15,19,21H,3,9,12,16H2,1-2H3,(H,31,35)/t19-,21-/m1/s1. The Labute approximate surface area is 219 Å². The zero-order valence-corrected chi connectivity index (χ0v) is 21.4. The van der Waals surface area contributed by atoms with Crippen LogP contribution in [0.5, 0.6) is 5.88 Å². The number of nitrogens with one attached hydrogen (secondary N) is 1. The number of hydrogen-bond acceptors (Lipinski definition) is 6. The molecular weight excluding hydrogens is 492 g/mol. The summed E-state index contributed by atoms with van der Waals surface area (Å²) < 4.78 is 6.96. The van der Waals surface area contributed by atoms with E-state index >= 15 is 0 Å². The van der Waals surface area contributed by atoms with E-state index in [4.69, 9.17) is 16.3 Å². The zero-order chi connectivity index (χ0) is 25.9. The van der Waals surface area contributed by atoms with E-state index in [0.717, 1.165) is 5.56 Å². The van der Waals surface area contributed by atoms with Crippen LogP contribution in [-0.2, 0) is 7.05 Å². The summed E-state index contributed by atoms with van der Waals surface area (Å²) >= 11 is 6.41. The van der Waals surface area contributed by atoms with Gasteiger partial charge in [-0.05, 0) is 31.0 Å². The lowest BCUT2D eigenvalue weighted by molar-refractivity contribution is 0.0671. The highest BCUT2D eigenvalue weighted by atomic mass is 35.5. The SMILES string of the molecule is CCOc1cc(C(=O)N[C@@H]2CCN(C(=O)c3cc(Cl)c4nccnc4c3)C[C@@H]2c2ccccc2)n(C)n1. The lowest BCUT2D eigenvalue weighted by Crippen LogP contribution is -2.51. The van der Waals surface area contributed by atoms with Crippen LogP contribution in [0.2, 0.25) is 5.02 Å². The number of carbonyl (C=O) groups is 2. The maximum absolute atomic E-state index is 13.5. The number of benzene rings is 2. The number of rotatable bonds is 6. The van der Waals surface area contributed by atoms with E-state index in [1.165, 1.54) is 4.68 Å². The molecule has 2 amide bonds. The quantitative estimate of drug-likeness (QED) is 0.416. The first-order valence-electron chi connectivity index (χ1n) is 12.2. The molecule has 5 rings (SSSR count). The lowest BCUT2D eigenvalue weighted by atomic mass is 9.85. The van der Waals surface area contributed by atoms with Gasteiger partial charge in [0.2, 0.25) is 5.88 Å². The summed E-state index contributed by atoms with van der Waals surface area (Å²) in [5, 5.41) is 7.82. The molecule has 2 aromatic carbocycles. The summed E-state index contributed by atoms with van der Waals surface area (Å²) in [7, 11) is 1.71. The Kier molecular flexibility index (Phi) is 7.05. The number of likely N-dealkylation sites (tertiary alicyclic amines) is 1. The van der Waals surface area contributed by atoms with Gasteiger partial charge in [0.25, 0.3) is 11.8 Å². The molecular formula is C27H27ClN6O3. The summed E-state index contributed by atoms with van der Waals surface area (Å²) in [6.07, 6.45) is 3.74. The Hall–Kier alpha value is -3.98. The van der Waals surface area contributed by atoms with E-state index in [0.29, 0.717) is 59.3 Å². The molecule has 0 bridgehead atoms. The molecule has 4 aromatic rings. The molecule has 2 atom stereocenters. The fraction of sp³-hybridized carbons (Fsp3) is 0.296. The molecule has 0 aliphatic carbocycles. The highest BCUT2D eigenvalue weighted by Crippen LogP contribution is 2.30. The van der Waals surface area contributed by atoms with Crippen molar-refractivity contribution in [1.29, 1.82) is 0 Å². The van der Waals surface area contributed by atoms with Crippen molar-refractivity contribution in [2.75, 3.05) is 19.7 Å². The van der Waals surface area contributed by atoms with Crippen molar-refractivity contribution in [3.8, 4) is 5.88 Å². The van der Waals surface area contributed by atoms with Crippen LogP contribution >= 0.6 is 11.6 Å². The molecule has 1 aliphatic rings. The molecule has 0 unspecified atom stereocenters. The average molecular weight is 519 g/mol. The Balaban J connectivity index is 1.38. The highest BCUT2D eigenvalue weighted by Gasteiger charge is 2.34. The summed E-state index contributed by atoms with van der Waals surface area (Å²) in [5.41, 5.74) is 3.06. The van der Waals surface area contributed by atoms with Gasteiger partial charge in [-0.25, -0.2) is 0 Å². The van der Waals surface area contributed by atoms with Crippen molar-refractivity contribution in [2.24, 2.45) is 7.05 Å². The lowest BCUT2D eigenvalue weighted by Gasteiger charge is -2.39. The van der Waals surface area contributed by atoms with Gasteiger partial charge in [-0.15, -0.1) is 5.10 Å². The van der Waals surface area contributed by atoms with E-state index in [1.807, 2.05) is 42.2 Å². The number of halogens is 1. The van der Waals surface area contributed by atoms with Crippen molar-refractivity contribution < 1.29 is 14.3 Å². The van der Waals surface area contributed by atoms with Gasteiger partial charge in [0.05, 0.1) is 17.1 Å². The molecule has 1 aliphatic heterocycles. The minimum Gasteiger partial charge on any atom is -0.477 e. The van der Waals surface area contributed by atoms with Gasteiger partial charge >= 0.3 is 0 Å². The fourth-order valence-electron chi connectivity index (χ4n) is 4.80. The van der Waals surface area contributed by atoms with Crippen LogP contribution < -0.4 is 10.1 Å². The Morgan fingerprint density at radius 1 is 1.14 bits per heavy atom. The molecule has 0 radical (unpaired) electrons. The molecule has 9 nitrogen and oxygen atoms in total. The number of carbonyl (C=O) groups excluding carboxylic acids is 2. The van der Waals surface area contributed by atoms with Gasteiger partial charge in [0, 0.05) is 56.1 Å². The number of amides is 2. The first kappa shape index (κ1) is 24.7. The molecule has 10 heteroatoms. The van der Waals surface area contributed by atoms with Crippen LogP contribution in [0, 0.1) is 0 Å². The second kappa shape index (κ2) is 10.6. The van der Waals surface area contributed by atoms with E-state index < -0.39 is 0 Å². The van der Waals surface area contributed by atoms with E-state index in [2.05, 4.69) is 20.4 Å². The number of aryl methyl sites for hydroxylation is 1. The van der Waals surface area contributed by atoms with Crippen molar-refractivity contribution >= 4 is 34.4 Å². The molecule has 37 heavy (non-hydrogen) atoms. The topological polar surface area (TPSA) is 102 Å². The Morgan fingerprint density at radius 3 is 2.70 bits per heavy atom.